The molecule has 0 aromatic heterocycles. The molecule has 1 aliphatic rings. The zero-order valence-corrected chi connectivity index (χ0v) is 9.87. The van der Waals surface area contributed by atoms with Crippen LogP contribution >= 0.6 is 11.8 Å². The lowest BCUT2D eigenvalue weighted by atomic mass is 10.1. The van der Waals surface area contributed by atoms with Crippen LogP contribution in [0.4, 0.5) is 0 Å². The number of amidine groups is 1. The highest BCUT2D eigenvalue weighted by Gasteiger charge is 2.18. The predicted octanol–water partition coefficient (Wildman–Crippen LogP) is 2.65. The molecule has 0 aliphatic carbocycles. The normalized spacial score (nSPS) is 24.0. The van der Waals surface area contributed by atoms with E-state index in [4.69, 9.17) is 0 Å². The molecule has 1 aliphatic heterocycles. The molecule has 0 aromatic rings. The van der Waals surface area contributed by atoms with Gasteiger partial charge in [-0.1, -0.05) is 18.7 Å². The second-order valence-electron chi connectivity index (χ2n) is 4.51. The van der Waals surface area contributed by atoms with Crippen molar-refractivity contribution in [2.45, 2.75) is 52.1 Å². The summed E-state index contributed by atoms with van der Waals surface area (Å²) in [5.74, 6) is 1.21. The highest BCUT2D eigenvalue weighted by molar-refractivity contribution is 8.13. The third kappa shape index (κ3) is 4.03. The van der Waals surface area contributed by atoms with Crippen molar-refractivity contribution < 1.29 is 0 Å². The Labute approximate surface area is 85.6 Å². The van der Waals surface area contributed by atoms with Crippen molar-refractivity contribution in [3.8, 4) is 0 Å². The van der Waals surface area contributed by atoms with Crippen molar-refractivity contribution in [3.63, 3.8) is 0 Å². The van der Waals surface area contributed by atoms with Gasteiger partial charge in [0.25, 0.3) is 0 Å². The van der Waals surface area contributed by atoms with Gasteiger partial charge in [-0.15, -0.1) is 0 Å². The second-order valence-corrected chi connectivity index (χ2v) is 5.59. The van der Waals surface area contributed by atoms with E-state index in [1.54, 1.807) is 0 Å². The third-order valence-corrected chi connectivity index (χ3v) is 2.86. The first-order valence-electron chi connectivity index (χ1n) is 5.00. The largest absolute Gasteiger partial charge is 0.360 e. The van der Waals surface area contributed by atoms with Crippen molar-refractivity contribution >= 4 is 16.9 Å². The van der Waals surface area contributed by atoms with E-state index in [9.17, 15) is 0 Å². The number of aliphatic imine (C=N–C) groups is 1. The number of nitrogens with zero attached hydrogens (tertiary/aromatic N) is 1. The Morgan fingerprint density at radius 1 is 1.54 bits per heavy atom. The average Bonchev–Trinajstić information content (AvgIpc) is 2.01. The molecule has 0 fully saturated rings. The highest BCUT2D eigenvalue weighted by atomic mass is 32.2. The molecule has 0 bridgehead atoms. The Balaban J connectivity index is 2.54. The predicted molar refractivity (Wildman–Crippen MR) is 61.5 cm³/mol. The molecule has 2 nitrogen and oxygen atoms in total. The van der Waals surface area contributed by atoms with Gasteiger partial charge in [0.05, 0.1) is 6.04 Å². The van der Waals surface area contributed by atoms with E-state index < -0.39 is 0 Å². The van der Waals surface area contributed by atoms with Crippen molar-refractivity contribution in [2.75, 3.05) is 5.75 Å². The van der Waals surface area contributed by atoms with Gasteiger partial charge in [0.2, 0.25) is 0 Å². The summed E-state index contributed by atoms with van der Waals surface area (Å²) in [6.07, 6.45) is 2.40. The average molecular weight is 200 g/mol. The van der Waals surface area contributed by atoms with Crippen LogP contribution in [-0.2, 0) is 0 Å². The van der Waals surface area contributed by atoms with Gasteiger partial charge >= 0.3 is 0 Å². The summed E-state index contributed by atoms with van der Waals surface area (Å²) in [5.41, 5.74) is 0.140. The van der Waals surface area contributed by atoms with E-state index in [0.717, 1.165) is 11.6 Å². The first kappa shape index (κ1) is 10.9. The molecule has 13 heavy (non-hydrogen) atoms. The van der Waals surface area contributed by atoms with Crippen LogP contribution in [0.2, 0.25) is 0 Å². The summed E-state index contributed by atoms with van der Waals surface area (Å²) in [6, 6.07) is 0.547. The van der Waals surface area contributed by atoms with Crippen LogP contribution in [-0.4, -0.2) is 22.5 Å². The molecule has 0 amide bonds. The van der Waals surface area contributed by atoms with E-state index >= 15 is 0 Å². The molecular formula is C10H20N2S. The van der Waals surface area contributed by atoms with Crippen LogP contribution in [0.25, 0.3) is 0 Å². The Morgan fingerprint density at radius 2 is 2.23 bits per heavy atom. The Morgan fingerprint density at radius 3 is 2.77 bits per heavy atom. The lowest BCUT2D eigenvalue weighted by Gasteiger charge is -2.26. The van der Waals surface area contributed by atoms with Gasteiger partial charge in [0, 0.05) is 11.3 Å². The Bertz CT molecular complexity index is 194. The van der Waals surface area contributed by atoms with Gasteiger partial charge < -0.3 is 5.32 Å². The van der Waals surface area contributed by atoms with Crippen LogP contribution in [0, 0.1) is 0 Å². The molecule has 1 unspecified atom stereocenters. The van der Waals surface area contributed by atoms with E-state index in [0.29, 0.717) is 6.04 Å². The second kappa shape index (κ2) is 4.36. The molecule has 0 radical (unpaired) electrons. The van der Waals surface area contributed by atoms with E-state index in [1.165, 1.54) is 12.2 Å². The van der Waals surface area contributed by atoms with Crippen molar-refractivity contribution in [3.05, 3.63) is 0 Å². The summed E-state index contributed by atoms with van der Waals surface area (Å²) >= 11 is 1.85. The van der Waals surface area contributed by atoms with Crippen molar-refractivity contribution in [1.82, 2.24) is 5.32 Å². The van der Waals surface area contributed by atoms with Crippen LogP contribution in [0.15, 0.2) is 4.99 Å². The third-order valence-electron chi connectivity index (χ3n) is 1.94. The van der Waals surface area contributed by atoms with E-state index in [2.05, 4.69) is 38.0 Å². The molecule has 1 N–H and O–H groups in total. The molecule has 3 heteroatoms. The molecule has 0 aromatic carbocycles. The number of thioether (sulfide) groups is 1. The zero-order valence-electron chi connectivity index (χ0n) is 9.05. The fourth-order valence-corrected chi connectivity index (χ4v) is 2.43. The van der Waals surface area contributed by atoms with Gasteiger partial charge in [0.1, 0.15) is 0 Å². The first-order valence-corrected chi connectivity index (χ1v) is 5.98. The highest BCUT2D eigenvalue weighted by Crippen LogP contribution is 2.19. The maximum Gasteiger partial charge on any atom is 0.157 e. The van der Waals surface area contributed by atoms with Crippen LogP contribution in [0.5, 0.6) is 0 Å². The first-order chi connectivity index (χ1) is 6.01. The monoisotopic (exact) mass is 200 g/mol. The fraction of sp³-hybridized carbons (Fsp3) is 0.900. The SMILES string of the molecule is CCC1CCSC(NC(C)(C)C)=N1. The Hall–Kier alpha value is -0.180. The minimum absolute atomic E-state index is 0.140. The molecule has 0 spiro atoms. The molecule has 0 saturated heterocycles. The minimum Gasteiger partial charge on any atom is -0.360 e. The van der Waals surface area contributed by atoms with Gasteiger partial charge in [-0.2, -0.15) is 0 Å². The summed E-state index contributed by atoms with van der Waals surface area (Å²) in [7, 11) is 0. The Kier molecular flexibility index (Phi) is 3.65. The number of hydrogen-bond donors (Lipinski definition) is 1. The van der Waals surface area contributed by atoms with Gasteiger partial charge in [0.15, 0.2) is 5.17 Å². The number of hydrogen-bond acceptors (Lipinski definition) is 3. The molecule has 76 valence electrons. The lowest BCUT2D eigenvalue weighted by molar-refractivity contribution is 0.509. The number of rotatable bonds is 1. The quantitative estimate of drug-likeness (QED) is 0.703. The lowest BCUT2D eigenvalue weighted by Crippen LogP contribution is -2.41. The van der Waals surface area contributed by atoms with Crippen molar-refractivity contribution in [1.29, 1.82) is 0 Å². The molecular weight excluding hydrogens is 180 g/mol. The van der Waals surface area contributed by atoms with Crippen molar-refractivity contribution in [2.24, 2.45) is 4.99 Å². The molecule has 0 saturated carbocycles. The molecule has 1 atom stereocenters. The summed E-state index contributed by atoms with van der Waals surface area (Å²) in [5, 5.41) is 4.57. The van der Waals surface area contributed by atoms with Crippen LogP contribution in [0.3, 0.4) is 0 Å². The maximum atomic E-state index is 4.65. The van der Waals surface area contributed by atoms with E-state index in [-0.39, 0.29) is 5.54 Å². The molecule has 1 heterocycles. The summed E-state index contributed by atoms with van der Waals surface area (Å²) in [4.78, 5) is 4.65. The van der Waals surface area contributed by atoms with Gasteiger partial charge in [-0.3, -0.25) is 4.99 Å². The zero-order chi connectivity index (χ0) is 9.90. The summed E-state index contributed by atoms with van der Waals surface area (Å²) < 4.78 is 0. The van der Waals surface area contributed by atoms with E-state index in [1.807, 2.05) is 11.8 Å². The van der Waals surface area contributed by atoms with Gasteiger partial charge in [-0.05, 0) is 33.6 Å². The standard InChI is InChI=1S/C10H20N2S/c1-5-8-6-7-13-9(11-8)12-10(2,3)4/h8H,5-7H2,1-4H3,(H,11,12). The van der Waals surface area contributed by atoms with Crippen LogP contribution in [0.1, 0.15) is 40.5 Å². The van der Waals surface area contributed by atoms with Gasteiger partial charge in [-0.25, -0.2) is 0 Å². The van der Waals surface area contributed by atoms with Crippen LogP contribution < -0.4 is 5.32 Å². The maximum absolute atomic E-state index is 4.65. The summed E-state index contributed by atoms with van der Waals surface area (Å²) in [6.45, 7) is 8.72. The topological polar surface area (TPSA) is 24.4 Å². The number of nitrogens with one attached hydrogen (secondary N) is 1. The smallest absolute Gasteiger partial charge is 0.157 e. The fourth-order valence-electron chi connectivity index (χ4n) is 1.24. The molecule has 1 rings (SSSR count). The minimum atomic E-state index is 0.140.